The summed E-state index contributed by atoms with van der Waals surface area (Å²) < 4.78 is 5.31. The Labute approximate surface area is 115 Å². The first-order valence-electron chi connectivity index (χ1n) is 6.83. The second-order valence-corrected chi connectivity index (χ2v) is 5.30. The molecule has 0 unspecified atom stereocenters. The van der Waals surface area contributed by atoms with Crippen molar-refractivity contribution in [1.82, 2.24) is 4.90 Å². The van der Waals surface area contributed by atoms with Crippen LogP contribution in [0.2, 0.25) is 0 Å². The van der Waals surface area contributed by atoms with Gasteiger partial charge in [-0.3, -0.25) is 10.3 Å². The van der Waals surface area contributed by atoms with E-state index in [1.807, 2.05) is 18.2 Å². The zero-order valence-corrected chi connectivity index (χ0v) is 11.8. The first-order valence-corrected chi connectivity index (χ1v) is 6.83. The molecule has 0 aromatic heterocycles. The predicted octanol–water partition coefficient (Wildman–Crippen LogP) is 2.35. The highest BCUT2D eigenvalue weighted by Crippen LogP contribution is 2.25. The van der Waals surface area contributed by atoms with Crippen LogP contribution in [0.15, 0.2) is 18.2 Å². The molecule has 0 aliphatic heterocycles. The predicted molar refractivity (Wildman–Crippen MR) is 77.7 cm³/mol. The lowest BCUT2D eigenvalue weighted by atomic mass is 10.1. The van der Waals surface area contributed by atoms with Crippen molar-refractivity contribution in [3.63, 3.8) is 0 Å². The second kappa shape index (κ2) is 6.06. The Kier molecular flexibility index (Phi) is 4.43. The van der Waals surface area contributed by atoms with Crippen LogP contribution in [0.4, 0.5) is 0 Å². The smallest absolute Gasteiger partial charge is 0.130 e. The summed E-state index contributed by atoms with van der Waals surface area (Å²) in [6.07, 6.45) is 5.31. The largest absolute Gasteiger partial charge is 0.496 e. The van der Waals surface area contributed by atoms with E-state index in [0.717, 1.165) is 6.54 Å². The van der Waals surface area contributed by atoms with E-state index < -0.39 is 0 Å². The quantitative estimate of drug-likeness (QED) is 0.632. The van der Waals surface area contributed by atoms with Crippen molar-refractivity contribution < 1.29 is 4.74 Å². The van der Waals surface area contributed by atoms with Crippen LogP contribution in [0.25, 0.3) is 0 Å². The van der Waals surface area contributed by atoms with Gasteiger partial charge in [0.15, 0.2) is 0 Å². The topological polar surface area (TPSA) is 62.3 Å². The van der Waals surface area contributed by atoms with Gasteiger partial charge in [-0.15, -0.1) is 0 Å². The Morgan fingerprint density at radius 3 is 2.68 bits per heavy atom. The van der Waals surface area contributed by atoms with Crippen LogP contribution in [0, 0.1) is 5.41 Å². The Morgan fingerprint density at radius 1 is 1.42 bits per heavy atom. The van der Waals surface area contributed by atoms with Gasteiger partial charge in [0.1, 0.15) is 11.6 Å². The Bertz CT molecular complexity index is 453. The number of nitrogen functional groups attached to an aromatic ring is 1. The molecule has 1 fully saturated rings. The van der Waals surface area contributed by atoms with E-state index in [4.69, 9.17) is 15.9 Å². The SMILES string of the molecule is COc1cc(CN(C)C2CCCC2)ccc1C(=N)N. The minimum absolute atomic E-state index is 0.0487. The lowest BCUT2D eigenvalue weighted by Crippen LogP contribution is -2.28. The fourth-order valence-electron chi connectivity index (χ4n) is 2.82. The van der Waals surface area contributed by atoms with Gasteiger partial charge in [-0.25, -0.2) is 0 Å². The molecule has 0 spiro atoms. The summed E-state index contributed by atoms with van der Waals surface area (Å²) in [5.41, 5.74) is 7.40. The molecule has 19 heavy (non-hydrogen) atoms. The van der Waals surface area contributed by atoms with Gasteiger partial charge in [0.2, 0.25) is 0 Å². The van der Waals surface area contributed by atoms with Crippen LogP contribution in [0.5, 0.6) is 5.75 Å². The average molecular weight is 261 g/mol. The van der Waals surface area contributed by atoms with Crippen LogP contribution in [-0.4, -0.2) is 30.9 Å². The molecule has 104 valence electrons. The third kappa shape index (κ3) is 3.26. The van der Waals surface area contributed by atoms with Gasteiger partial charge < -0.3 is 10.5 Å². The average Bonchev–Trinajstić information content (AvgIpc) is 2.92. The summed E-state index contributed by atoms with van der Waals surface area (Å²) >= 11 is 0. The number of amidine groups is 1. The van der Waals surface area contributed by atoms with Crippen molar-refractivity contribution in [2.24, 2.45) is 5.73 Å². The summed E-state index contributed by atoms with van der Waals surface area (Å²) in [4.78, 5) is 2.41. The molecule has 1 aromatic carbocycles. The van der Waals surface area contributed by atoms with Crippen molar-refractivity contribution in [1.29, 1.82) is 5.41 Å². The number of nitrogens with one attached hydrogen (secondary N) is 1. The van der Waals surface area contributed by atoms with Crippen LogP contribution < -0.4 is 10.5 Å². The molecule has 1 saturated carbocycles. The van der Waals surface area contributed by atoms with Crippen LogP contribution in [-0.2, 0) is 6.54 Å². The van der Waals surface area contributed by atoms with Crippen molar-refractivity contribution >= 4 is 5.84 Å². The molecule has 1 aromatic rings. The highest BCUT2D eigenvalue weighted by atomic mass is 16.5. The molecule has 3 N–H and O–H groups in total. The minimum atomic E-state index is 0.0487. The standard InChI is InChI=1S/C15H23N3O/c1-18(12-5-3-4-6-12)10-11-7-8-13(15(16)17)14(9-11)19-2/h7-9,12H,3-6,10H2,1-2H3,(H3,16,17). The first-order chi connectivity index (χ1) is 9.11. The molecule has 0 radical (unpaired) electrons. The lowest BCUT2D eigenvalue weighted by molar-refractivity contribution is 0.237. The maximum atomic E-state index is 7.52. The van der Waals surface area contributed by atoms with Crippen LogP contribution in [0.3, 0.4) is 0 Å². The fourth-order valence-corrected chi connectivity index (χ4v) is 2.82. The summed E-state index contributed by atoms with van der Waals surface area (Å²) in [6, 6.07) is 6.60. The minimum Gasteiger partial charge on any atom is -0.496 e. The van der Waals surface area contributed by atoms with E-state index in [1.54, 1.807) is 7.11 Å². The Hall–Kier alpha value is -1.55. The summed E-state index contributed by atoms with van der Waals surface area (Å²) in [7, 11) is 3.80. The lowest BCUT2D eigenvalue weighted by Gasteiger charge is -2.24. The van der Waals surface area contributed by atoms with E-state index in [-0.39, 0.29) is 5.84 Å². The normalized spacial score (nSPS) is 15.9. The van der Waals surface area contributed by atoms with Crippen LogP contribution in [0.1, 0.15) is 36.8 Å². The number of ether oxygens (including phenoxy) is 1. The molecule has 1 aliphatic rings. The molecular formula is C15H23N3O. The summed E-state index contributed by atoms with van der Waals surface area (Å²) in [5.74, 6) is 0.734. The number of benzene rings is 1. The van der Waals surface area contributed by atoms with Gasteiger partial charge in [-0.1, -0.05) is 18.9 Å². The van der Waals surface area contributed by atoms with E-state index in [2.05, 4.69) is 11.9 Å². The van der Waals surface area contributed by atoms with E-state index in [9.17, 15) is 0 Å². The van der Waals surface area contributed by atoms with Crippen molar-refractivity contribution in [2.45, 2.75) is 38.3 Å². The second-order valence-electron chi connectivity index (χ2n) is 5.30. The summed E-state index contributed by atoms with van der Waals surface area (Å²) in [5, 5.41) is 7.52. The number of hydrogen-bond acceptors (Lipinski definition) is 3. The third-order valence-electron chi connectivity index (χ3n) is 3.94. The van der Waals surface area contributed by atoms with Gasteiger partial charge in [0, 0.05) is 12.6 Å². The number of hydrogen-bond donors (Lipinski definition) is 2. The van der Waals surface area contributed by atoms with Gasteiger partial charge >= 0.3 is 0 Å². The summed E-state index contributed by atoms with van der Waals surface area (Å²) in [6.45, 7) is 0.916. The molecule has 2 rings (SSSR count). The van der Waals surface area contributed by atoms with Crippen molar-refractivity contribution in [2.75, 3.05) is 14.2 Å². The molecule has 0 saturated heterocycles. The molecule has 0 heterocycles. The molecule has 0 amide bonds. The zero-order chi connectivity index (χ0) is 13.8. The van der Waals surface area contributed by atoms with Crippen molar-refractivity contribution in [3.8, 4) is 5.75 Å². The van der Waals surface area contributed by atoms with Gasteiger partial charge in [-0.2, -0.15) is 0 Å². The van der Waals surface area contributed by atoms with Gasteiger partial charge in [-0.05, 0) is 37.6 Å². The van der Waals surface area contributed by atoms with Gasteiger partial charge in [0.25, 0.3) is 0 Å². The molecule has 1 aliphatic carbocycles. The number of nitrogens with zero attached hydrogens (tertiary/aromatic N) is 1. The zero-order valence-electron chi connectivity index (χ0n) is 11.8. The van der Waals surface area contributed by atoms with E-state index in [0.29, 0.717) is 17.4 Å². The number of nitrogens with two attached hydrogens (primary N) is 1. The Morgan fingerprint density at radius 2 is 2.11 bits per heavy atom. The van der Waals surface area contributed by atoms with E-state index >= 15 is 0 Å². The van der Waals surface area contributed by atoms with Crippen molar-refractivity contribution in [3.05, 3.63) is 29.3 Å². The highest BCUT2D eigenvalue weighted by Gasteiger charge is 2.19. The van der Waals surface area contributed by atoms with E-state index in [1.165, 1.54) is 31.2 Å². The highest BCUT2D eigenvalue weighted by molar-refractivity contribution is 5.97. The third-order valence-corrected chi connectivity index (χ3v) is 3.94. The fraction of sp³-hybridized carbons (Fsp3) is 0.533. The maximum Gasteiger partial charge on any atom is 0.130 e. The molecule has 4 nitrogen and oxygen atoms in total. The van der Waals surface area contributed by atoms with Crippen LogP contribution >= 0.6 is 0 Å². The molecular weight excluding hydrogens is 238 g/mol. The number of methoxy groups -OCH3 is 1. The first kappa shape index (κ1) is 13.9. The monoisotopic (exact) mass is 261 g/mol. The maximum absolute atomic E-state index is 7.52. The molecule has 0 atom stereocenters. The Balaban J connectivity index is 2.10. The molecule has 4 heteroatoms. The van der Waals surface area contributed by atoms with Gasteiger partial charge in [0.05, 0.1) is 12.7 Å². The number of rotatable bonds is 5. The molecule has 0 bridgehead atoms.